The first-order valence-corrected chi connectivity index (χ1v) is 5.55. The van der Waals surface area contributed by atoms with Crippen LogP contribution >= 0.6 is 11.6 Å². The van der Waals surface area contributed by atoms with Crippen molar-refractivity contribution in [3.05, 3.63) is 35.4 Å². The maximum atomic E-state index is 6.14. The first kappa shape index (κ1) is 11.3. The molecular formula is C12H14ClNO2. The Morgan fingerprint density at radius 2 is 2.12 bits per heavy atom. The Morgan fingerprint density at radius 1 is 1.44 bits per heavy atom. The van der Waals surface area contributed by atoms with E-state index >= 15 is 0 Å². The Bertz CT molecular complexity index is 406. The molecule has 86 valence electrons. The molecule has 2 rings (SSSR count). The predicted octanol–water partition coefficient (Wildman–Crippen LogP) is 3.03. The van der Waals surface area contributed by atoms with Crippen LogP contribution < -0.4 is 15.2 Å². The zero-order valence-corrected chi connectivity index (χ0v) is 9.67. The minimum absolute atomic E-state index is 0.0972. The van der Waals surface area contributed by atoms with Gasteiger partial charge in [-0.1, -0.05) is 17.7 Å². The molecule has 4 heteroatoms. The van der Waals surface area contributed by atoms with Crippen LogP contribution in [0.25, 0.3) is 0 Å². The molecule has 1 aliphatic rings. The second-order valence-corrected chi connectivity index (χ2v) is 4.11. The number of hydrogen-bond donors (Lipinski definition) is 1. The molecule has 0 aliphatic carbocycles. The van der Waals surface area contributed by atoms with Crippen LogP contribution in [0.3, 0.4) is 0 Å². The SMILES string of the molecule is C=CCC[C@@H](N)c1cc2c(cc1Cl)OCO2. The molecule has 0 bridgehead atoms. The Hall–Kier alpha value is -1.19. The molecule has 0 saturated carbocycles. The Balaban J connectivity index is 2.23. The van der Waals surface area contributed by atoms with Crippen LogP contribution in [-0.4, -0.2) is 6.79 Å². The fraction of sp³-hybridized carbons (Fsp3) is 0.333. The van der Waals surface area contributed by atoms with Crippen LogP contribution in [0.5, 0.6) is 11.5 Å². The molecule has 0 radical (unpaired) electrons. The summed E-state index contributed by atoms with van der Waals surface area (Å²) in [7, 11) is 0. The Morgan fingerprint density at radius 3 is 2.81 bits per heavy atom. The van der Waals surface area contributed by atoms with E-state index < -0.39 is 0 Å². The van der Waals surface area contributed by atoms with E-state index in [4.69, 9.17) is 26.8 Å². The topological polar surface area (TPSA) is 44.5 Å². The lowest BCUT2D eigenvalue weighted by atomic mass is 10.0. The van der Waals surface area contributed by atoms with Gasteiger partial charge in [0.05, 0.1) is 0 Å². The third-order valence-corrected chi connectivity index (χ3v) is 2.90. The number of fused-ring (bicyclic) bond motifs is 1. The minimum Gasteiger partial charge on any atom is -0.454 e. The molecule has 16 heavy (non-hydrogen) atoms. The molecule has 1 atom stereocenters. The summed E-state index contributed by atoms with van der Waals surface area (Å²) >= 11 is 6.14. The summed E-state index contributed by atoms with van der Waals surface area (Å²) < 4.78 is 10.5. The molecule has 0 unspecified atom stereocenters. The molecule has 0 spiro atoms. The van der Waals surface area contributed by atoms with Crippen molar-refractivity contribution in [3.63, 3.8) is 0 Å². The lowest BCUT2D eigenvalue weighted by Crippen LogP contribution is -2.10. The predicted molar refractivity (Wildman–Crippen MR) is 63.9 cm³/mol. The number of hydrogen-bond acceptors (Lipinski definition) is 3. The number of allylic oxidation sites excluding steroid dienone is 1. The summed E-state index contributed by atoms with van der Waals surface area (Å²) in [6.07, 6.45) is 3.54. The van der Waals surface area contributed by atoms with E-state index in [0.717, 1.165) is 18.4 Å². The zero-order chi connectivity index (χ0) is 11.5. The van der Waals surface area contributed by atoms with Crippen molar-refractivity contribution in [2.45, 2.75) is 18.9 Å². The van der Waals surface area contributed by atoms with Gasteiger partial charge >= 0.3 is 0 Å². The van der Waals surface area contributed by atoms with Gasteiger partial charge in [-0.2, -0.15) is 0 Å². The Kier molecular flexibility index (Phi) is 3.36. The van der Waals surface area contributed by atoms with E-state index in [1.165, 1.54) is 0 Å². The monoisotopic (exact) mass is 239 g/mol. The number of halogens is 1. The third-order valence-electron chi connectivity index (χ3n) is 2.57. The minimum atomic E-state index is -0.0972. The fourth-order valence-corrected chi connectivity index (χ4v) is 1.96. The van der Waals surface area contributed by atoms with Gasteiger partial charge in [0.1, 0.15) is 0 Å². The largest absolute Gasteiger partial charge is 0.454 e. The average molecular weight is 240 g/mol. The van der Waals surface area contributed by atoms with Crippen LogP contribution in [0.4, 0.5) is 0 Å². The highest BCUT2D eigenvalue weighted by molar-refractivity contribution is 6.31. The molecule has 0 fully saturated rings. The van der Waals surface area contributed by atoms with Gasteiger partial charge in [0.2, 0.25) is 6.79 Å². The molecule has 2 N–H and O–H groups in total. The molecule has 1 aromatic rings. The van der Waals surface area contributed by atoms with E-state index in [2.05, 4.69) is 6.58 Å². The van der Waals surface area contributed by atoms with Gasteiger partial charge in [0.25, 0.3) is 0 Å². The normalized spacial score (nSPS) is 14.9. The number of ether oxygens (including phenoxy) is 2. The van der Waals surface area contributed by atoms with E-state index in [1.807, 2.05) is 12.1 Å². The van der Waals surface area contributed by atoms with Crippen LogP contribution in [0, 0.1) is 0 Å². The van der Waals surface area contributed by atoms with Crippen molar-refractivity contribution >= 4 is 11.6 Å². The molecule has 1 heterocycles. The molecule has 1 aromatic carbocycles. The van der Waals surface area contributed by atoms with Gasteiger partial charge in [-0.25, -0.2) is 0 Å². The van der Waals surface area contributed by atoms with E-state index in [0.29, 0.717) is 16.5 Å². The molecule has 0 amide bonds. The number of benzene rings is 1. The van der Waals surface area contributed by atoms with Gasteiger partial charge in [0.15, 0.2) is 11.5 Å². The van der Waals surface area contributed by atoms with Crippen LogP contribution in [-0.2, 0) is 0 Å². The number of nitrogens with two attached hydrogens (primary N) is 1. The summed E-state index contributed by atoms with van der Waals surface area (Å²) in [5.74, 6) is 1.40. The van der Waals surface area contributed by atoms with Gasteiger partial charge in [-0.3, -0.25) is 0 Å². The van der Waals surface area contributed by atoms with E-state index in [9.17, 15) is 0 Å². The third kappa shape index (κ3) is 2.15. The van der Waals surface area contributed by atoms with Gasteiger partial charge in [-0.15, -0.1) is 6.58 Å². The van der Waals surface area contributed by atoms with Crippen LogP contribution in [0.2, 0.25) is 5.02 Å². The molecule has 0 aromatic heterocycles. The highest BCUT2D eigenvalue weighted by Gasteiger charge is 2.19. The second-order valence-electron chi connectivity index (χ2n) is 3.70. The summed E-state index contributed by atoms with van der Waals surface area (Å²) in [5.41, 5.74) is 6.94. The molecule has 0 saturated heterocycles. The first-order chi connectivity index (χ1) is 7.72. The number of rotatable bonds is 4. The lowest BCUT2D eigenvalue weighted by molar-refractivity contribution is 0.174. The van der Waals surface area contributed by atoms with Crippen LogP contribution in [0.1, 0.15) is 24.4 Å². The summed E-state index contributed by atoms with van der Waals surface area (Å²) in [4.78, 5) is 0. The lowest BCUT2D eigenvalue weighted by Gasteiger charge is -2.13. The van der Waals surface area contributed by atoms with Crippen molar-refractivity contribution in [2.75, 3.05) is 6.79 Å². The van der Waals surface area contributed by atoms with Crippen molar-refractivity contribution < 1.29 is 9.47 Å². The maximum absolute atomic E-state index is 6.14. The van der Waals surface area contributed by atoms with Crippen molar-refractivity contribution in [3.8, 4) is 11.5 Å². The van der Waals surface area contributed by atoms with Gasteiger partial charge < -0.3 is 15.2 Å². The van der Waals surface area contributed by atoms with E-state index in [1.54, 1.807) is 6.07 Å². The highest BCUT2D eigenvalue weighted by atomic mass is 35.5. The zero-order valence-electron chi connectivity index (χ0n) is 8.91. The molecular weight excluding hydrogens is 226 g/mol. The summed E-state index contributed by atoms with van der Waals surface area (Å²) in [6.45, 7) is 3.92. The van der Waals surface area contributed by atoms with Crippen LogP contribution in [0.15, 0.2) is 24.8 Å². The summed E-state index contributed by atoms with van der Waals surface area (Å²) in [5, 5.41) is 0.626. The van der Waals surface area contributed by atoms with E-state index in [-0.39, 0.29) is 12.8 Å². The average Bonchev–Trinajstić information content (AvgIpc) is 2.71. The quantitative estimate of drug-likeness (QED) is 0.822. The maximum Gasteiger partial charge on any atom is 0.231 e. The molecule has 3 nitrogen and oxygen atoms in total. The second kappa shape index (κ2) is 4.76. The standard InChI is InChI=1S/C12H14ClNO2/c1-2-3-4-10(14)8-5-11-12(6-9(8)13)16-7-15-11/h2,5-6,10H,1,3-4,7,14H2/t10-/m1/s1. The van der Waals surface area contributed by atoms with Gasteiger partial charge in [-0.05, 0) is 24.5 Å². The van der Waals surface area contributed by atoms with Crippen molar-refractivity contribution in [2.24, 2.45) is 5.73 Å². The van der Waals surface area contributed by atoms with Gasteiger partial charge in [0, 0.05) is 17.1 Å². The first-order valence-electron chi connectivity index (χ1n) is 5.18. The summed E-state index contributed by atoms with van der Waals surface area (Å²) in [6, 6.07) is 3.52. The smallest absolute Gasteiger partial charge is 0.231 e. The van der Waals surface area contributed by atoms with Crippen molar-refractivity contribution in [1.82, 2.24) is 0 Å². The highest BCUT2D eigenvalue weighted by Crippen LogP contribution is 2.39. The molecule has 1 aliphatic heterocycles. The Labute approximate surface area is 99.8 Å². The fourth-order valence-electron chi connectivity index (χ4n) is 1.67. The van der Waals surface area contributed by atoms with Crippen molar-refractivity contribution in [1.29, 1.82) is 0 Å².